The van der Waals surface area contributed by atoms with Crippen LogP contribution in [0.2, 0.25) is 0 Å². The van der Waals surface area contributed by atoms with E-state index in [1.54, 1.807) is 4.90 Å². The number of nitrogens with one attached hydrogen (secondary N) is 1. The molecule has 1 unspecified atom stereocenters. The predicted molar refractivity (Wildman–Crippen MR) is 137 cm³/mol. The Morgan fingerprint density at radius 3 is 2.26 bits per heavy atom. The van der Waals surface area contributed by atoms with Gasteiger partial charge in [-0.1, -0.05) is 24.3 Å². The lowest BCUT2D eigenvalue weighted by molar-refractivity contribution is -0.138. The number of hydrogen-bond acceptors (Lipinski definition) is 7. The summed E-state index contributed by atoms with van der Waals surface area (Å²) >= 11 is 0. The molecule has 2 heterocycles. The van der Waals surface area contributed by atoms with Crippen LogP contribution in [0.25, 0.3) is 11.1 Å². The van der Waals surface area contributed by atoms with Crippen molar-refractivity contribution in [3.05, 3.63) is 71.8 Å². The quantitative estimate of drug-likeness (QED) is 0.369. The summed E-state index contributed by atoms with van der Waals surface area (Å²) in [7, 11) is -4.56. The Bertz CT molecular complexity index is 1620. The van der Waals surface area contributed by atoms with Crippen molar-refractivity contribution in [1.82, 2.24) is 9.71 Å². The van der Waals surface area contributed by atoms with E-state index in [4.69, 9.17) is 4.74 Å². The fraction of sp³-hybridized carbons (Fsp3) is 0.333. The maximum absolute atomic E-state index is 13.5. The molecule has 42 heavy (non-hydrogen) atoms. The van der Waals surface area contributed by atoms with Crippen molar-refractivity contribution in [2.75, 3.05) is 18.0 Å². The molecule has 0 spiro atoms. The second-order valence-electron chi connectivity index (χ2n) is 10.0. The zero-order chi connectivity index (χ0) is 30.5. The molecular formula is C27H23F6N3O5S. The van der Waals surface area contributed by atoms with Crippen molar-refractivity contribution < 1.29 is 49.4 Å². The minimum atomic E-state index is -4.84. The summed E-state index contributed by atoms with van der Waals surface area (Å²) in [5, 5.41) is 9.25. The molecule has 1 saturated carbocycles. The molecule has 0 radical (unpaired) electrons. The first-order chi connectivity index (χ1) is 19.6. The number of anilines is 1. The third-order valence-corrected chi connectivity index (χ3v) is 8.16. The zero-order valence-corrected chi connectivity index (χ0v) is 22.4. The summed E-state index contributed by atoms with van der Waals surface area (Å²) in [6.07, 6.45) is -9.83. The molecule has 0 bridgehead atoms. The molecule has 224 valence electrons. The van der Waals surface area contributed by atoms with E-state index in [2.05, 4.69) is 4.98 Å². The van der Waals surface area contributed by atoms with Crippen LogP contribution in [0.5, 0.6) is 5.75 Å². The number of pyridine rings is 1. The summed E-state index contributed by atoms with van der Waals surface area (Å²) in [4.78, 5) is 18.9. The number of ether oxygens (including phenoxy) is 1. The van der Waals surface area contributed by atoms with Gasteiger partial charge in [0.2, 0.25) is 0 Å². The fourth-order valence-electron chi connectivity index (χ4n) is 4.53. The van der Waals surface area contributed by atoms with Crippen LogP contribution < -0.4 is 14.4 Å². The highest BCUT2D eigenvalue weighted by Crippen LogP contribution is 2.46. The summed E-state index contributed by atoms with van der Waals surface area (Å²) in [6, 6.07) is 10.1. The van der Waals surface area contributed by atoms with Crippen LogP contribution in [0.1, 0.15) is 30.4 Å². The molecule has 3 aromatic rings. The topological polar surface area (TPSA) is 109 Å². The Labute approximate surface area is 236 Å². The summed E-state index contributed by atoms with van der Waals surface area (Å²) in [5.41, 5.74) is -4.38. The van der Waals surface area contributed by atoms with Crippen molar-refractivity contribution in [2.45, 2.75) is 48.3 Å². The second-order valence-corrected chi connectivity index (χ2v) is 11.7. The minimum Gasteiger partial charge on any atom is -0.477 e. The number of benzene rings is 2. The van der Waals surface area contributed by atoms with E-state index in [1.165, 1.54) is 18.2 Å². The van der Waals surface area contributed by atoms with E-state index in [1.807, 2.05) is 4.72 Å². The third-order valence-electron chi connectivity index (χ3n) is 6.93. The highest BCUT2D eigenvalue weighted by molar-refractivity contribution is 7.90. The van der Waals surface area contributed by atoms with E-state index in [9.17, 15) is 44.7 Å². The number of sulfonamides is 1. The van der Waals surface area contributed by atoms with Gasteiger partial charge in [-0.25, -0.2) is 9.71 Å². The van der Waals surface area contributed by atoms with Gasteiger partial charge < -0.3 is 14.7 Å². The van der Waals surface area contributed by atoms with Crippen molar-refractivity contribution >= 4 is 21.7 Å². The molecule has 2 aromatic carbocycles. The molecule has 1 aliphatic carbocycles. The lowest BCUT2D eigenvalue weighted by atomic mass is 10.00. The van der Waals surface area contributed by atoms with Gasteiger partial charge in [-0.2, -0.15) is 34.8 Å². The number of alkyl halides is 6. The molecule has 2 aliphatic rings. The van der Waals surface area contributed by atoms with E-state index < -0.39 is 61.9 Å². The van der Waals surface area contributed by atoms with Crippen LogP contribution in [-0.4, -0.2) is 49.2 Å². The Morgan fingerprint density at radius 2 is 1.64 bits per heavy atom. The maximum atomic E-state index is 13.5. The van der Waals surface area contributed by atoms with Gasteiger partial charge in [0.1, 0.15) is 11.6 Å². The summed E-state index contributed by atoms with van der Waals surface area (Å²) in [6.45, 7) is 0.678. The molecule has 1 aromatic heterocycles. The largest absolute Gasteiger partial charge is 0.477 e. The molecule has 2 fully saturated rings. The number of aromatic nitrogens is 1. The van der Waals surface area contributed by atoms with E-state index in [0.29, 0.717) is 25.1 Å². The van der Waals surface area contributed by atoms with Gasteiger partial charge in [-0.15, -0.1) is 0 Å². The number of hydrogen-bond donors (Lipinski definition) is 2. The van der Waals surface area contributed by atoms with Crippen LogP contribution in [-0.2, 0) is 27.2 Å². The van der Waals surface area contributed by atoms with Gasteiger partial charge in [0, 0.05) is 31.5 Å². The first-order valence-corrected chi connectivity index (χ1v) is 14.1. The van der Waals surface area contributed by atoms with E-state index in [0.717, 1.165) is 30.3 Å². The van der Waals surface area contributed by atoms with E-state index in [-0.39, 0.29) is 36.3 Å². The number of amides is 1. The number of carbonyl (C=O) groups is 1. The van der Waals surface area contributed by atoms with Crippen LogP contribution in [0.3, 0.4) is 0 Å². The number of carbonyl (C=O) groups excluding carboxylic acids is 1. The van der Waals surface area contributed by atoms with Gasteiger partial charge in [0.25, 0.3) is 15.9 Å². The summed E-state index contributed by atoms with van der Waals surface area (Å²) < 4.78 is 114. The first-order valence-electron chi connectivity index (χ1n) is 12.6. The Balaban J connectivity index is 1.43. The fourth-order valence-corrected chi connectivity index (χ4v) is 5.54. The van der Waals surface area contributed by atoms with Crippen molar-refractivity contribution in [3.8, 4) is 16.9 Å². The number of halogens is 6. The average Bonchev–Trinajstić information content (AvgIpc) is 3.58. The zero-order valence-electron chi connectivity index (χ0n) is 21.5. The lowest BCUT2D eigenvalue weighted by Gasteiger charge is -2.22. The third kappa shape index (κ3) is 6.16. The SMILES string of the molecule is O=C(NS(=O)(=O)c1cccc(N2CCC(O)C2)n1)C1(Oc2cc(C(F)(F)F)ccc2-c2cccc(C(F)(F)F)c2)CC1. The van der Waals surface area contributed by atoms with Crippen LogP contribution in [0.4, 0.5) is 32.2 Å². The monoisotopic (exact) mass is 615 g/mol. The molecule has 1 saturated heterocycles. The smallest absolute Gasteiger partial charge is 0.416 e. The molecule has 1 aliphatic heterocycles. The maximum Gasteiger partial charge on any atom is 0.416 e. The van der Waals surface area contributed by atoms with Crippen molar-refractivity contribution in [2.24, 2.45) is 0 Å². The van der Waals surface area contributed by atoms with E-state index >= 15 is 0 Å². The molecule has 5 rings (SSSR count). The number of aliphatic hydroxyl groups is 1. The molecule has 1 amide bonds. The van der Waals surface area contributed by atoms with Crippen LogP contribution in [0.15, 0.2) is 65.7 Å². The van der Waals surface area contributed by atoms with Crippen molar-refractivity contribution in [3.63, 3.8) is 0 Å². The van der Waals surface area contributed by atoms with Crippen LogP contribution >= 0.6 is 0 Å². The first kappa shape index (κ1) is 29.6. The standard InChI is InChI=1S/C27H23F6N3O5S/c28-26(29,30)17-4-1-3-16(13-17)20-8-7-18(27(31,32)33)14-21(20)41-25(10-11-25)24(38)35-42(39,40)23-6-2-5-22(34-23)36-12-9-19(37)15-36/h1-8,13-14,19,37H,9-12,15H2,(H,35,38). The highest BCUT2D eigenvalue weighted by atomic mass is 32.2. The van der Waals surface area contributed by atoms with Crippen molar-refractivity contribution in [1.29, 1.82) is 0 Å². The average molecular weight is 616 g/mol. The number of β-amino-alcohol motifs (C(OH)–C–C–N with tert-alkyl or cyclic N) is 1. The Morgan fingerprint density at radius 1 is 0.976 bits per heavy atom. The predicted octanol–water partition coefficient (Wildman–Crippen LogP) is 4.77. The van der Waals surface area contributed by atoms with Crippen LogP contribution in [0, 0.1) is 0 Å². The molecule has 8 nitrogen and oxygen atoms in total. The van der Waals surface area contributed by atoms with Gasteiger partial charge in [0.15, 0.2) is 10.6 Å². The Kier molecular flexibility index (Phi) is 7.38. The molecule has 2 N–H and O–H groups in total. The van der Waals surface area contributed by atoms with Gasteiger partial charge in [0.05, 0.1) is 17.2 Å². The van der Waals surface area contributed by atoms with Gasteiger partial charge >= 0.3 is 12.4 Å². The Hall–Kier alpha value is -3.85. The minimum absolute atomic E-state index is 0.0637. The molecule has 1 atom stereocenters. The molecule has 15 heteroatoms. The normalized spacial score (nSPS) is 18.5. The number of aliphatic hydroxyl groups excluding tert-OH is 1. The lowest BCUT2D eigenvalue weighted by Crippen LogP contribution is -2.43. The number of nitrogens with zero attached hydrogens (tertiary/aromatic N) is 2. The molecular weight excluding hydrogens is 592 g/mol. The van der Waals surface area contributed by atoms with Gasteiger partial charge in [-0.05, 0) is 48.4 Å². The summed E-state index contributed by atoms with van der Waals surface area (Å²) in [5.74, 6) is -1.45. The second kappa shape index (κ2) is 10.5. The van der Waals surface area contributed by atoms with Gasteiger partial charge in [-0.3, -0.25) is 4.79 Å². The highest BCUT2D eigenvalue weighted by Gasteiger charge is 2.54. The number of rotatable bonds is 7.